The molecule has 0 unspecified atom stereocenters. The average Bonchev–Trinajstić information content (AvgIpc) is 3.43. The van der Waals surface area contributed by atoms with Crippen LogP contribution in [0, 0.1) is 5.41 Å². The van der Waals surface area contributed by atoms with Gasteiger partial charge in [0.25, 0.3) is 5.91 Å². The highest BCUT2D eigenvalue weighted by Crippen LogP contribution is 2.21. The monoisotopic (exact) mass is 570 g/mol. The van der Waals surface area contributed by atoms with E-state index in [2.05, 4.69) is 16.0 Å². The third kappa shape index (κ3) is 11.0. The molecule has 0 bridgehead atoms. The summed E-state index contributed by atoms with van der Waals surface area (Å²) in [5.41, 5.74) is 5.42. The lowest BCUT2D eigenvalue weighted by Gasteiger charge is -2.32. The third-order valence-electron chi connectivity index (χ3n) is 5.84. The van der Waals surface area contributed by atoms with Crippen LogP contribution in [0.3, 0.4) is 0 Å². The molecule has 0 radical (unpaired) electrons. The molecule has 0 aliphatic heterocycles. The molecule has 0 fully saturated rings. The minimum absolute atomic E-state index is 0.0331. The van der Waals surface area contributed by atoms with E-state index in [4.69, 9.17) is 10.5 Å². The lowest BCUT2D eigenvalue weighted by atomic mass is 9.85. The third-order valence-corrected chi connectivity index (χ3v) is 6.71. The summed E-state index contributed by atoms with van der Waals surface area (Å²) in [7, 11) is 0. The maximum Gasteiger partial charge on any atom is 0.330 e. The fourth-order valence-corrected chi connectivity index (χ4v) is 4.41. The molecule has 1 aromatic carbocycles. The summed E-state index contributed by atoms with van der Waals surface area (Å²) in [5, 5.41) is 10.2. The molecule has 2 rings (SSSR count). The fraction of sp³-hybridized carbons (Fsp3) is 0.414. The van der Waals surface area contributed by atoms with Crippen molar-refractivity contribution in [2.75, 3.05) is 6.61 Å². The van der Waals surface area contributed by atoms with Crippen LogP contribution in [0.15, 0.2) is 60.0 Å². The molecule has 40 heavy (non-hydrogen) atoms. The van der Waals surface area contributed by atoms with Crippen LogP contribution < -0.4 is 21.7 Å². The first kappa shape index (κ1) is 32.2. The van der Waals surface area contributed by atoms with E-state index in [1.807, 2.05) is 51.1 Å². The molecular formula is C29H38N4O6S. The zero-order valence-electron chi connectivity index (χ0n) is 23.3. The number of carbonyl (C=O) groups excluding carboxylic acids is 5. The number of nitrogens with one attached hydrogen (secondary N) is 3. The number of carbonyl (C=O) groups is 5. The summed E-state index contributed by atoms with van der Waals surface area (Å²) in [6.07, 6.45) is 2.88. The molecule has 0 aliphatic carbocycles. The van der Waals surface area contributed by atoms with E-state index in [0.717, 1.165) is 5.56 Å². The Morgan fingerprint density at radius 1 is 0.975 bits per heavy atom. The quantitative estimate of drug-likeness (QED) is 0.202. The first-order valence-corrected chi connectivity index (χ1v) is 13.9. The summed E-state index contributed by atoms with van der Waals surface area (Å²) in [6, 6.07) is 9.87. The predicted molar refractivity (Wildman–Crippen MR) is 153 cm³/mol. The van der Waals surface area contributed by atoms with Crippen LogP contribution in [-0.2, 0) is 30.3 Å². The normalized spacial score (nSPS) is 13.6. The maximum absolute atomic E-state index is 13.5. The van der Waals surface area contributed by atoms with Gasteiger partial charge in [-0.2, -0.15) is 0 Å². The SMILES string of the molecule is CCOC(=O)/C=C/[C@H](CCC(N)=O)NC(=O)[C@H](Cc1ccccc1)NC(=O)[C@@H](NC(=O)c1cccs1)C(C)(C)C. The zero-order chi connectivity index (χ0) is 29.7. The van der Waals surface area contributed by atoms with Gasteiger partial charge in [-0.1, -0.05) is 63.2 Å². The number of primary amides is 1. The van der Waals surface area contributed by atoms with Gasteiger partial charge in [-0.15, -0.1) is 11.3 Å². The van der Waals surface area contributed by atoms with Gasteiger partial charge in [0.05, 0.1) is 11.5 Å². The molecule has 0 saturated carbocycles. The topological polar surface area (TPSA) is 157 Å². The van der Waals surface area contributed by atoms with Crippen LogP contribution in [0.25, 0.3) is 0 Å². The van der Waals surface area contributed by atoms with Crippen molar-refractivity contribution in [3.05, 3.63) is 70.4 Å². The van der Waals surface area contributed by atoms with Gasteiger partial charge in [-0.25, -0.2) is 4.79 Å². The van der Waals surface area contributed by atoms with Gasteiger partial charge in [0.2, 0.25) is 17.7 Å². The largest absolute Gasteiger partial charge is 0.463 e. The Morgan fingerprint density at radius 2 is 1.68 bits per heavy atom. The van der Waals surface area contributed by atoms with Gasteiger partial charge < -0.3 is 26.4 Å². The Hall–Kier alpha value is -3.99. The van der Waals surface area contributed by atoms with Crippen molar-refractivity contribution in [1.29, 1.82) is 0 Å². The second kappa shape index (κ2) is 15.6. The van der Waals surface area contributed by atoms with Gasteiger partial charge in [0.1, 0.15) is 12.1 Å². The molecule has 1 aromatic heterocycles. The fourth-order valence-electron chi connectivity index (χ4n) is 3.78. The summed E-state index contributed by atoms with van der Waals surface area (Å²) >= 11 is 1.26. The molecule has 11 heteroatoms. The lowest BCUT2D eigenvalue weighted by molar-refractivity contribution is -0.137. The number of thiophene rings is 1. The van der Waals surface area contributed by atoms with Crippen LogP contribution in [0.2, 0.25) is 0 Å². The van der Waals surface area contributed by atoms with Crippen molar-refractivity contribution in [3.8, 4) is 0 Å². The molecule has 1 heterocycles. The summed E-state index contributed by atoms with van der Waals surface area (Å²) in [4.78, 5) is 63.5. The highest BCUT2D eigenvalue weighted by atomic mass is 32.1. The van der Waals surface area contributed by atoms with Gasteiger partial charge in [0, 0.05) is 25.0 Å². The molecule has 2 aromatic rings. The second-order valence-corrected chi connectivity index (χ2v) is 11.2. The van der Waals surface area contributed by atoms with Crippen LogP contribution in [0.5, 0.6) is 0 Å². The molecule has 3 atom stereocenters. The van der Waals surface area contributed by atoms with Gasteiger partial charge in [-0.3, -0.25) is 19.2 Å². The Balaban J connectivity index is 2.29. The van der Waals surface area contributed by atoms with Crippen LogP contribution in [0.1, 0.15) is 55.8 Å². The molecule has 216 valence electrons. The molecule has 0 aliphatic rings. The van der Waals surface area contributed by atoms with Crippen molar-refractivity contribution in [1.82, 2.24) is 16.0 Å². The van der Waals surface area contributed by atoms with Crippen molar-refractivity contribution in [2.24, 2.45) is 11.1 Å². The summed E-state index contributed by atoms with van der Waals surface area (Å²) in [6.45, 7) is 7.31. The van der Waals surface area contributed by atoms with E-state index in [-0.39, 0.29) is 31.8 Å². The molecular weight excluding hydrogens is 532 g/mol. The number of esters is 1. The number of rotatable bonds is 14. The number of nitrogens with two attached hydrogens (primary N) is 1. The number of hydrogen-bond acceptors (Lipinski definition) is 7. The Labute approximate surface area is 238 Å². The minimum atomic E-state index is -1.02. The van der Waals surface area contributed by atoms with Crippen molar-refractivity contribution in [3.63, 3.8) is 0 Å². The van der Waals surface area contributed by atoms with Crippen molar-refractivity contribution < 1.29 is 28.7 Å². The Kier molecular flexibility index (Phi) is 12.5. The van der Waals surface area contributed by atoms with E-state index >= 15 is 0 Å². The Morgan fingerprint density at radius 3 is 2.25 bits per heavy atom. The highest BCUT2D eigenvalue weighted by molar-refractivity contribution is 7.12. The summed E-state index contributed by atoms with van der Waals surface area (Å²) in [5.74, 6) is -2.59. The zero-order valence-corrected chi connectivity index (χ0v) is 24.1. The van der Waals surface area contributed by atoms with E-state index in [1.165, 1.54) is 23.5 Å². The van der Waals surface area contributed by atoms with Crippen LogP contribution in [0.4, 0.5) is 0 Å². The number of benzene rings is 1. The lowest BCUT2D eigenvalue weighted by Crippen LogP contribution is -2.58. The van der Waals surface area contributed by atoms with E-state index in [9.17, 15) is 24.0 Å². The van der Waals surface area contributed by atoms with Gasteiger partial charge in [0.15, 0.2) is 0 Å². The van der Waals surface area contributed by atoms with E-state index in [1.54, 1.807) is 24.4 Å². The highest BCUT2D eigenvalue weighted by Gasteiger charge is 2.35. The average molecular weight is 571 g/mol. The van der Waals surface area contributed by atoms with Gasteiger partial charge in [-0.05, 0) is 35.8 Å². The second-order valence-electron chi connectivity index (χ2n) is 10.2. The number of amides is 4. The van der Waals surface area contributed by atoms with Crippen molar-refractivity contribution >= 4 is 40.9 Å². The van der Waals surface area contributed by atoms with Crippen LogP contribution in [-0.4, -0.2) is 54.3 Å². The standard InChI is InChI=1S/C29H38N4O6S/c1-5-39-24(35)16-14-20(13-15-23(30)34)31-26(36)21(18-19-10-7-6-8-11-19)32-28(38)25(29(2,3)4)33-27(37)22-12-9-17-40-22/h6-12,14,16-17,20-21,25H,5,13,15,18H2,1-4H3,(H2,30,34)(H,31,36)(H,32,38)(H,33,37)/b16-14+/t20-,21-,25+/m0/s1. The molecule has 0 spiro atoms. The molecule has 4 amide bonds. The number of hydrogen-bond donors (Lipinski definition) is 4. The van der Waals surface area contributed by atoms with E-state index < -0.39 is 47.2 Å². The molecule has 0 saturated heterocycles. The first-order valence-electron chi connectivity index (χ1n) is 13.0. The van der Waals surface area contributed by atoms with Crippen molar-refractivity contribution in [2.45, 2.75) is 65.1 Å². The van der Waals surface area contributed by atoms with Gasteiger partial charge >= 0.3 is 5.97 Å². The predicted octanol–water partition coefficient (Wildman–Crippen LogP) is 2.49. The minimum Gasteiger partial charge on any atom is -0.463 e. The Bertz CT molecular complexity index is 1170. The molecule has 10 nitrogen and oxygen atoms in total. The van der Waals surface area contributed by atoms with Crippen LogP contribution >= 0.6 is 11.3 Å². The first-order chi connectivity index (χ1) is 18.9. The molecule has 5 N–H and O–H groups in total. The smallest absolute Gasteiger partial charge is 0.330 e. The van der Waals surface area contributed by atoms with E-state index in [0.29, 0.717) is 4.88 Å². The maximum atomic E-state index is 13.5. The summed E-state index contributed by atoms with van der Waals surface area (Å²) < 4.78 is 4.90. The number of ether oxygens (including phenoxy) is 1.